The molecule has 2 N–H and O–H groups in total. The minimum Gasteiger partial charge on any atom is -0.408 e. The number of rotatable bonds is 8. The predicted octanol–water partition coefficient (Wildman–Crippen LogP) is 4.51. The minimum absolute atomic E-state index is 0.0305. The minimum atomic E-state index is -0.563. The van der Waals surface area contributed by atoms with Gasteiger partial charge >= 0.3 is 5.76 Å². The van der Waals surface area contributed by atoms with Crippen LogP contribution in [0.2, 0.25) is 10.0 Å². The van der Waals surface area contributed by atoms with Crippen molar-refractivity contribution in [3.8, 4) is 0 Å². The molecule has 2 aromatic carbocycles. The highest BCUT2D eigenvalue weighted by molar-refractivity contribution is 8.01. The third-order valence-corrected chi connectivity index (χ3v) is 6.76. The number of anilines is 2. The Kier molecular flexibility index (Phi) is 7.33. The van der Waals surface area contributed by atoms with E-state index in [4.69, 9.17) is 27.6 Å². The smallest absolute Gasteiger partial charge is 0.408 e. The third-order valence-electron chi connectivity index (χ3n) is 4.30. The van der Waals surface area contributed by atoms with Gasteiger partial charge in [0.15, 0.2) is 9.92 Å². The summed E-state index contributed by atoms with van der Waals surface area (Å²) < 4.78 is 7.05. The van der Waals surface area contributed by atoms with E-state index in [-0.39, 0.29) is 30.5 Å². The lowest BCUT2D eigenvalue weighted by Gasteiger charge is -2.03. The highest BCUT2D eigenvalue weighted by atomic mass is 35.5. The van der Waals surface area contributed by atoms with Gasteiger partial charge in [-0.3, -0.25) is 14.2 Å². The van der Waals surface area contributed by atoms with Crippen LogP contribution in [0.4, 0.5) is 10.8 Å². The lowest BCUT2D eigenvalue weighted by molar-refractivity contribution is -0.116. The summed E-state index contributed by atoms with van der Waals surface area (Å²) in [4.78, 5) is 36.4. The van der Waals surface area contributed by atoms with Crippen LogP contribution in [0.3, 0.4) is 0 Å². The molecule has 0 aliphatic carbocycles. The molecule has 2 amide bonds. The first-order valence-corrected chi connectivity index (χ1v) is 12.0. The van der Waals surface area contributed by atoms with Crippen molar-refractivity contribution in [2.24, 2.45) is 0 Å². The van der Waals surface area contributed by atoms with E-state index >= 15 is 0 Å². The topological polar surface area (TPSA) is 119 Å². The van der Waals surface area contributed by atoms with E-state index in [9.17, 15) is 14.4 Å². The molecule has 2 aromatic heterocycles. The Labute approximate surface area is 205 Å². The summed E-state index contributed by atoms with van der Waals surface area (Å²) in [5, 5.41) is 14.6. The molecule has 0 spiro atoms. The number of hydrogen-bond acceptors (Lipinski definition) is 8. The maximum absolute atomic E-state index is 12.3. The number of carbonyl (C=O) groups excluding carboxylic acids is 2. The molecule has 0 bridgehead atoms. The average molecular weight is 524 g/mol. The van der Waals surface area contributed by atoms with Gasteiger partial charge in [0, 0.05) is 34.8 Å². The van der Waals surface area contributed by atoms with Gasteiger partial charge in [0.2, 0.25) is 16.9 Å². The van der Waals surface area contributed by atoms with Gasteiger partial charge < -0.3 is 15.1 Å². The molecule has 0 aliphatic rings. The van der Waals surface area contributed by atoms with Crippen LogP contribution in [0.15, 0.2) is 56.0 Å². The second-order valence-electron chi connectivity index (χ2n) is 6.65. The summed E-state index contributed by atoms with van der Waals surface area (Å²) in [6, 6.07) is 11.6. The van der Waals surface area contributed by atoms with E-state index in [1.165, 1.54) is 16.3 Å². The van der Waals surface area contributed by atoms with Crippen LogP contribution in [0.25, 0.3) is 11.1 Å². The number of aromatic nitrogens is 3. The lowest BCUT2D eigenvalue weighted by atomic mass is 10.3. The molecule has 0 unspecified atom stereocenters. The zero-order valence-electron chi connectivity index (χ0n) is 16.7. The Bertz CT molecular complexity index is 1370. The molecule has 0 saturated carbocycles. The number of nitrogens with one attached hydrogen (secondary N) is 2. The third kappa shape index (κ3) is 6.14. The molecule has 170 valence electrons. The van der Waals surface area contributed by atoms with Crippen LogP contribution in [-0.4, -0.2) is 32.3 Å². The van der Waals surface area contributed by atoms with Crippen molar-refractivity contribution in [2.45, 2.75) is 17.3 Å². The summed E-state index contributed by atoms with van der Waals surface area (Å²) in [5.74, 6) is -0.974. The van der Waals surface area contributed by atoms with Crippen molar-refractivity contribution in [1.29, 1.82) is 0 Å². The number of nitrogens with zero attached hydrogens (tertiary/aromatic N) is 3. The standard InChI is InChI=1S/C20H15Cl2N5O4S2/c21-11-1-4-13(5-2-11)23-17(29)10-32-19-26-25-18(33-19)24-16(28)7-8-27-14-6-3-12(22)9-15(14)31-20(27)30/h1-6,9H,7-8,10H2,(H,23,29)(H,24,25,28). The number of aryl methyl sites for hydroxylation is 1. The Morgan fingerprint density at radius 1 is 1.03 bits per heavy atom. The van der Waals surface area contributed by atoms with Gasteiger partial charge in [0.1, 0.15) is 0 Å². The van der Waals surface area contributed by atoms with Crippen molar-refractivity contribution in [1.82, 2.24) is 14.8 Å². The zero-order valence-corrected chi connectivity index (χ0v) is 19.9. The Morgan fingerprint density at radius 3 is 2.58 bits per heavy atom. The van der Waals surface area contributed by atoms with Gasteiger partial charge in [-0.05, 0) is 36.4 Å². The monoisotopic (exact) mass is 523 g/mol. The molecule has 0 aliphatic heterocycles. The van der Waals surface area contributed by atoms with Crippen molar-refractivity contribution in [3.63, 3.8) is 0 Å². The van der Waals surface area contributed by atoms with Gasteiger partial charge in [-0.2, -0.15) is 0 Å². The van der Waals surface area contributed by atoms with E-state index in [0.29, 0.717) is 36.3 Å². The van der Waals surface area contributed by atoms with Gasteiger partial charge in [-0.15, -0.1) is 10.2 Å². The number of halogens is 2. The van der Waals surface area contributed by atoms with Crippen LogP contribution in [0, 0.1) is 0 Å². The molecule has 9 nitrogen and oxygen atoms in total. The Balaban J connectivity index is 1.26. The first kappa shape index (κ1) is 23.3. The van der Waals surface area contributed by atoms with E-state index in [0.717, 1.165) is 11.3 Å². The van der Waals surface area contributed by atoms with Gasteiger partial charge in [0.05, 0.1) is 11.3 Å². The molecule has 0 fully saturated rings. The SMILES string of the molecule is O=C(CSc1nnc(NC(=O)CCn2c(=O)oc3cc(Cl)ccc32)s1)Nc1ccc(Cl)cc1. The first-order chi connectivity index (χ1) is 15.9. The number of thioether (sulfide) groups is 1. The second-order valence-corrected chi connectivity index (χ2v) is 9.72. The largest absolute Gasteiger partial charge is 0.419 e. The maximum atomic E-state index is 12.3. The number of fused-ring (bicyclic) bond motifs is 1. The molecule has 0 saturated heterocycles. The van der Waals surface area contributed by atoms with Gasteiger partial charge in [-0.1, -0.05) is 46.3 Å². The van der Waals surface area contributed by atoms with Gasteiger partial charge in [0.25, 0.3) is 0 Å². The normalized spacial score (nSPS) is 11.0. The van der Waals surface area contributed by atoms with E-state index < -0.39 is 5.76 Å². The molecule has 13 heteroatoms. The number of hydrogen-bond donors (Lipinski definition) is 2. The predicted molar refractivity (Wildman–Crippen MR) is 129 cm³/mol. The molecule has 33 heavy (non-hydrogen) atoms. The maximum Gasteiger partial charge on any atom is 0.419 e. The Hall–Kier alpha value is -2.86. The highest BCUT2D eigenvalue weighted by Gasteiger charge is 2.14. The van der Waals surface area contributed by atoms with Crippen LogP contribution < -0.4 is 16.4 Å². The fourth-order valence-corrected chi connectivity index (χ4v) is 4.68. The Morgan fingerprint density at radius 2 is 1.79 bits per heavy atom. The molecule has 4 aromatic rings. The highest BCUT2D eigenvalue weighted by Crippen LogP contribution is 2.26. The molecular formula is C20H15Cl2N5O4S2. The molecular weight excluding hydrogens is 509 g/mol. The van der Waals surface area contributed by atoms with Crippen LogP contribution >= 0.6 is 46.3 Å². The van der Waals surface area contributed by atoms with Crippen LogP contribution in [0.5, 0.6) is 0 Å². The average Bonchev–Trinajstić information content (AvgIpc) is 3.35. The fraction of sp³-hybridized carbons (Fsp3) is 0.150. The molecule has 4 rings (SSSR count). The van der Waals surface area contributed by atoms with Crippen molar-refractivity contribution in [2.75, 3.05) is 16.4 Å². The summed E-state index contributed by atoms with van der Waals surface area (Å²) in [6.07, 6.45) is 0.0305. The van der Waals surface area contributed by atoms with E-state index in [1.807, 2.05) is 0 Å². The van der Waals surface area contributed by atoms with Crippen molar-refractivity contribution in [3.05, 3.63) is 63.1 Å². The molecule has 0 atom stereocenters. The summed E-state index contributed by atoms with van der Waals surface area (Å²) in [5.41, 5.74) is 1.56. The summed E-state index contributed by atoms with van der Waals surface area (Å²) in [7, 11) is 0. The van der Waals surface area contributed by atoms with Crippen LogP contribution in [-0.2, 0) is 16.1 Å². The van der Waals surface area contributed by atoms with E-state index in [2.05, 4.69) is 20.8 Å². The van der Waals surface area contributed by atoms with Crippen molar-refractivity contribution >= 4 is 80.0 Å². The van der Waals surface area contributed by atoms with E-state index in [1.54, 1.807) is 42.5 Å². The summed E-state index contributed by atoms with van der Waals surface area (Å²) in [6.45, 7) is 0.130. The molecule has 0 radical (unpaired) electrons. The van der Waals surface area contributed by atoms with Crippen LogP contribution in [0.1, 0.15) is 6.42 Å². The zero-order chi connectivity index (χ0) is 23.4. The molecule has 2 heterocycles. The second kappa shape index (κ2) is 10.4. The van der Waals surface area contributed by atoms with Crippen molar-refractivity contribution < 1.29 is 14.0 Å². The number of oxazole rings is 1. The number of carbonyl (C=O) groups is 2. The number of benzene rings is 2. The summed E-state index contributed by atoms with van der Waals surface area (Å²) >= 11 is 14.1. The number of amides is 2. The van der Waals surface area contributed by atoms with Gasteiger partial charge in [-0.25, -0.2) is 4.79 Å². The fourth-order valence-electron chi connectivity index (χ4n) is 2.82. The quantitative estimate of drug-likeness (QED) is 0.257. The lowest BCUT2D eigenvalue weighted by Crippen LogP contribution is -2.19. The first-order valence-electron chi connectivity index (χ1n) is 9.48.